The Morgan fingerprint density at radius 2 is 1.81 bits per heavy atom. The fourth-order valence-electron chi connectivity index (χ4n) is 2.06. The van der Waals surface area contributed by atoms with Crippen molar-refractivity contribution in [1.82, 2.24) is 0 Å². The summed E-state index contributed by atoms with van der Waals surface area (Å²) in [5.74, 6) is 0.347. The molecule has 0 aliphatic carbocycles. The summed E-state index contributed by atoms with van der Waals surface area (Å²) in [7, 11) is 0. The van der Waals surface area contributed by atoms with E-state index in [4.69, 9.17) is 15.9 Å². The largest absolute Gasteiger partial charge is 0.449 e. The summed E-state index contributed by atoms with van der Waals surface area (Å²) in [6, 6.07) is 10.1. The fourth-order valence-corrected chi connectivity index (χ4v) is 2.06. The summed E-state index contributed by atoms with van der Waals surface area (Å²) in [4.78, 5) is 10.7. The van der Waals surface area contributed by atoms with Gasteiger partial charge in [0, 0.05) is 5.56 Å². The highest BCUT2D eigenvalue weighted by Gasteiger charge is 2.20. The molecule has 0 saturated heterocycles. The van der Waals surface area contributed by atoms with Crippen LogP contribution in [0.1, 0.15) is 16.7 Å². The molecule has 0 saturated carbocycles. The predicted molar refractivity (Wildman–Crippen MR) is 80.1 cm³/mol. The third kappa shape index (κ3) is 2.84. The van der Waals surface area contributed by atoms with Crippen LogP contribution in [0.25, 0.3) is 0 Å². The number of nitro groups is 1. The SMILES string of the molecule is Cc1cccc(C(=N)N)c1Oc1cccc(C)c1[N+](=O)[O-]. The minimum absolute atomic E-state index is 0.0877. The third-order valence-electron chi connectivity index (χ3n) is 3.10. The second-order valence-electron chi connectivity index (χ2n) is 4.65. The van der Waals surface area contributed by atoms with Gasteiger partial charge < -0.3 is 10.5 Å². The number of nitrogens with two attached hydrogens (primary N) is 1. The Morgan fingerprint density at radius 1 is 1.19 bits per heavy atom. The number of nitro benzene ring substituents is 1. The molecule has 0 aromatic heterocycles. The van der Waals surface area contributed by atoms with E-state index >= 15 is 0 Å². The summed E-state index contributed by atoms with van der Waals surface area (Å²) < 4.78 is 5.71. The second-order valence-corrected chi connectivity index (χ2v) is 4.65. The summed E-state index contributed by atoms with van der Waals surface area (Å²) in [6.07, 6.45) is 0. The Hall–Kier alpha value is -2.89. The van der Waals surface area contributed by atoms with Crippen molar-refractivity contribution in [2.45, 2.75) is 13.8 Å². The van der Waals surface area contributed by atoms with E-state index in [0.29, 0.717) is 16.9 Å². The van der Waals surface area contributed by atoms with E-state index in [1.165, 1.54) is 6.07 Å². The van der Waals surface area contributed by atoms with Crippen LogP contribution in [-0.2, 0) is 0 Å². The van der Waals surface area contributed by atoms with Crippen molar-refractivity contribution < 1.29 is 9.66 Å². The van der Waals surface area contributed by atoms with Crippen molar-refractivity contribution in [3.8, 4) is 11.5 Å². The van der Waals surface area contributed by atoms with Crippen LogP contribution >= 0.6 is 0 Å². The van der Waals surface area contributed by atoms with Crippen LogP contribution < -0.4 is 10.5 Å². The van der Waals surface area contributed by atoms with Gasteiger partial charge in [0.2, 0.25) is 5.75 Å². The zero-order chi connectivity index (χ0) is 15.6. The van der Waals surface area contributed by atoms with Crippen LogP contribution in [-0.4, -0.2) is 10.8 Å². The first-order valence-corrected chi connectivity index (χ1v) is 6.27. The zero-order valence-corrected chi connectivity index (χ0v) is 11.7. The third-order valence-corrected chi connectivity index (χ3v) is 3.10. The highest BCUT2D eigenvalue weighted by molar-refractivity contribution is 5.98. The predicted octanol–water partition coefficient (Wildman–Crippen LogP) is 3.29. The monoisotopic (exact) mass is 285 g/mol. The van der Waals surface area contributed by atoms with Crippen LogP contribution in [0.4, 0.5) is 5.69 Å². The Kier molecular flexibility index (Phi) is 3.89. The van der Waals surface area contributed by atoms with Gasteiger partial charge in [0.25, 0.3) is 0 Å². The fraction of sp³-hybridized carbons (Fsp3) is 0.133. The highest BCUT2D eigenvalue weighted by Crippen LogP contribution is 2.36. The van der Waals surface area contributed by atoms with Gasteiger partial charge in [-0.05, 0) is 31.5 Å². The highest BCUT2D eigenvalue weighted by atomic mass is 16.6. The molecule has 2 aromatic carbocycles. The maximum atomic E-state index is 11.2. The number of aryl methyl sites for hydroxylation is 2. The van der Waals surface area contributed by atoms with Crippen LogP contribution in [0, 0.1) is 29.4 Å². The lowest BCUT2D eigenvalue weighted by molar-refractivity contribution is -0.386. The van der Waals surface area contributed by atoms with Crippen LogP contribution in [0.3, 0.4) is 0 Å². The number of benzene rings is 2. The summed E-state index contributed by atoms with van der Waals surface area (Å²) in [5.41, 5.74) is 7.11. The van der Waals surface area contributed by atoms with Gasteiger partial charge in [-0.15, -0.1) is 0 Å². The lowest BCUT2D eigenvalue weighted by atomic mass is 10.1. The van der Waals surface area contributed by atoms with E-state index in [1.807, 2.05) is 0 Å². The molecule has 2 rings (SSSR count). The molecular weight excluding hydrogens is 270 g/mol. The van der Waals surface area contributed by atoms with Gasteiger partial charge >= 0.3 is 5.69 Å². The van der Waals surface area contributed by atoms with E-state index < -0.39 is 4.92 Å². The molecule has 6 heteroatoms. The van der Waals surface area contributed by atoms with Crippen molar-refractivity contribution in [2.24, 2.45) is 5.73 Å². The molecule has 108 valence electrons. The summed E-state index contributed by atoms with van der Waals surface area (Å²) in [6.45, 7) is 3.44. The van der Waals surface area contributed by atoms with Gasteiger partial charge in [-0.3, -0.25) is 15.5 Å². The Labute approximate surface area is 121 Å². The lowest BCUT2D eigenvalue weighted by Gasteiger charge is -2.13. The first-order valence-electron chi connectivity index (χ1n) is 6.27. The molecule has 0 fully saturated rings. The van der Waals surface area contributed by atoms with Crippen molar-refractivity contribution >= 4 is 11.5 Å². The molecule has 0 amide bonds. The van der Waals surface area contributed by atoms with E-state index in [2.05, 4.69) is 0 Å². The average molecular weight is 285 g/mol. The standard InChI is InChI=1S/C15H15N3O3/c1-9-5-4-8-12(13(9)18(19)20)21-14-10(2)6-3-7-11(14)15(16)17/h3-8H,1-2H3,(H3,16,17). The number of nitrogens with one attached hydrogen (secondary N) is 1. The number of amidine groups is 1. The number of ether oxygens (including phenoxy) is 1. The lowest BCUT2D eigenvalue weighted by Crippen LogP contribution is -2.13. The topological polar surface area (TPSA) is 102 Å². The minimum Gasteiger partial charge on any atom is -0.449 e. The van der Waals surface area contributed by atoms with Crippen LogP contribution in [0.15, 0.2) is 36.4 Å². The van der Waals surface area contributed by atoms with Crippen molar-refractivity contribution in [3.63, 3.8) is 0 Å². The molecule has 0 spiro atoms. The molecular formula is C15H15N3O3. The number of nitrogens with zero attached hydrogens (tertiary/aromatic N) is 1. The van der Waals surface area contributed by atoms with Crippen molar-refractivity contribution in [1.29, 1.82) is 5.41 Å². The number of rotatable bonds is 4. The van der Waals surface area contributed by atoms with Gasteiger partial charge in [0.1, 0.15) is 11.6 Å². The first kappa shape index (κ1) is 14.5. The summed E-state index contributed by atoms with van der Waals surface area (Å²) in [5, 5.41) is 18.8. The molecule has 6 nitrogen and oxygen atoms in total. The van der Waals surface area contributed by atoms with Gasteiger partial charge in [-0.25, -0.2) is 0 Å². The molecule has 0 heterocycles. The molecule has 0 bridgehead atoms. The van der Waals surface area contributed by atoms with Gasteiger partial charge in [-0.1, -0.05) is 24.3 Å². The molecule has 0 aliphatic heterocycles. The quantitative estimate of drug-likeness (QED) is 0.389. The van der Waals surface area contributed by atoms with Gasteiger partial charge in [-0.2, -0.15) is 0 Å². The molecule has 21 heavy (non-hydrogen) atoms. The van der Waals surface area contributed by atoms with Crippen LogP contribution in [0.5, 0.6) is 11.5 Å². The number of para-hydroxylation sites is 2. The Balaban J connectivity index is 2.56. The number of nitrogen functional groups attached to an aromatic ring is 1. The number of hydrogen-bond acceptors (Lipinski definition) is 4. The maximum Gasteiger partial charge on any atom is 0.314 e. The molecule has 0 aliphatic rings. The average Bonchev–Trinajstić information content (AvgIpc) is 2.40. The second kappa shape index (κ2) is 5.62. The molecule has 0 atom stereocenters. The van der Waals surface area contributed by atoms with Gasteiger partial charge in [0.15, 0.2) is 0 Å². The van der Waals surface area contributed by atoms with Crippen molar-refractivity contribution in [3.05, 3.63) is 63.2 Å². The maximum absolute atomic E-state index is 11.2. The Bertz CT molecular complexity index is 726. The summed E-state index contributed by atoms with van der Waals surface area (Å²) >= 11 is 0. The molecule has 0 radical (unpaired) electrons. The zero-order valence-electron chi connectivity index (χ0n) is 11.7. The minimum atomic E-state index is -0.476. The van der Waals surface area contributed by atoms with Gasteiger partial charge in [0.05, 0.1) is 10.5 Å². The van der Waals surface area contributed by atoms with E-state index in [-0.39, 0.29) is 17.3 Å². The number of hydrogen-bond donors (Lipinski definition) is 2. The Morgan fingerprint density at radius 3 is 2.43 bits per heavy atom. The van der Waals surface area contributed by atoms with E-state index in [0.717, 1.165) is 5.56 Å². The van der Waals surface area contributed by atoms with Crippen LogP contribution in [0.2, 0.25) is 0 Å². The first-order chi connectivity index (χ1) is 9.91. The van der Waals surface area contributed by atoms with Crippen molar-refractivity contribution in [2.75, 3.05) is 0 Å². The normalized spacial score (nSPS) is 10.2. The van der Waals surface area contributed by atoms with E-state index in [9.17, 15) is 10.1 Å². The molecule has 3 N–H and O–H groups in total. The molecule has 2 aromatic rings. The van der Waals surface area contributed by atoms with E-state index in [1.54, 1.807) is 44.2 Å². The smallest absolute Gasteiger partial charge is 0.314 e. The molecule has 0 unspecified atom stereocenters.